The van der Waals surface area contributed by atoms with E-state index >= 15 is 0 Å². The third-order valence-corrected chi connectivity index (χ3v) is 3.37. The predicted octanol–water partition coefficient (Wildman–Crippen LogP) is 1.51. The number of hydrogen-bond acceptors (Lipinski definition) is 3. The monoisotopic (exact) mass is 257 g/mol. The lowest BCUT2D eigenvalue weighted by Gasteiger charge is -2.33. The predicted molar refractivity (Wildman–Crippen MR) is 67.3 cm³/mol. The van der Waals surface area contributed by atoms with Crippen LogP contribution in [-0.2, 0) is 14.3 Å². The maximum absolute atomic E-state index is 12.0. The molecule has 5 heteroatoms. The van der Waals surface area contributed by atoms with Gasteiger partial charge in [-0.2, -0.15) is 0 Å². The number of ether oxygens (including phenoxy) is 1. The van der Waals surface area contributed by atoms with Gasteiger partial charge in [-0.25, -0.2) is 0 Å². The number of carbonyl (C=O) groups excluding carboxylic acids is 1. The van der Waals surface area contributed by atoms with Crippen LogP contribution in [0, 0.1) is 5.41 Å². The van der Waals surface area contributed by atoms with E-state index in [1.807, 2.05) is 6.92 Å². The van der Waals surface area contributed by atoms with Crippen molar-refractivity contribution in [2.24, 2.45) is 5.41 Å². The van der Waals surface area contributed by atoms with Gasteiger partial charge in [-0.05, 0) is 33.6 Å². The van der Waals surface area contributed by atoms with Crippen molar-refractivity contribution in [1.82, 2.24) is 4.90 Å². The van der Waals surface area contributed by atoms with Gasteiger partial charge in [0.2, 0.25) is 5.91 Å². The van der Waals surface area contributed by atoms with Gasteiger partial charge >= 0.3 is 5.97 Å². The van der Waals surface area contributed by atoms with Gasteiger partial charge in [0.25, 0.3) is 0 Å². The summed E-state index contributed by atoms with van der Waals surface area (Å²) in [6, 6.07) is 0. The molecule has 18 heavy (non-hydrogen) atoms. The molecule has 104 valence electrons. The van der Waals surface area contributed by atoms with Crippen LogP contribution in [0.2, 0.25) is 0 Å². The Bertz CT molecular complexity index is 306. The van der Waals surface area contributed by atoms with Crippen LogP contribution >= 0.6 is 0 Å². The number of likely N-dealkylation sites (tertiary alicyclic amines) is 1. The van der Waals surface area contributed by atoms with E-state index in [2.05, 4.69) is 0 Å². The minimum absolute atomic E-state index is 0.0572. The quantitative estimate of drug-likeness (QED) is 0.810. The first-order chi connectivity index (χ1) is 8.36. The molecule has 0 radical (unpaired) electrons. The summed E-state index contributed by atoms with van der Waals surface area (Å²) >= 11 is 0. The molecule has 0 spiro atoms. The standard InChI is InChI=1S/C13H23NO4/c1-4-18-10-5-7-14(8-6-10)11(15)9-13(2,3)12(16)17/h10H,4-9H2,1-3H3,(H,16,17). The first kappa shape index (κ1) is 15.0. The maximum Gasteiger partial charge on any atom is 0.309 e. The highest BCUT2D eigenvalue weighted by atomic mass is 16.5. The van der Waals surface area contributed by atoms with Gasteiger partial charge in [0.15, 0.2) is 0 Å². The van der Waals surface area contributed by atoms with Crippen molar-refractivity contribution in [1.29, 1.82) is 0 Å². The van der Waals surface area contributed by atoms with Crippen LogP contribution in [0.15, 0.2) is 0 Å². The zero-order chi connectivity index (χ0) is 13.8. The highest BCUT2D eigenvalue weighted by Crippen LogP contribution is 2.23. The number of amides is 1. The second-order valence-corrected chi connectivity index (χ2v) is 5.40. The Morgan fingerprint density at radius 3 is 2.33 bits per heavy atom. The third kappa shape index (κ3) is 3.98. The number of piperidine rings is 1. The minimum Gasteiger partial charge on any atom is -0.481 e. The van der Waals surface area contributed by atoms with E-state index in [1.54, 1.807) is 18.7 Å². The molecule has 0 aromatic heterocycles. The molecule has 1 fully saturated rings. The molecule has 0 saturated carbocycles. The van der Waals surface area contributed by atoms with Crippen LogP contribution in [0.5, 0.6) is 0 Å². The first-order valence-electron chi connectivity index (χ1n) is 6.49. The maximum atomic E-state index is 12.0. The van der Waals surface area contributed by atoms with Crippen molar-refractivity contribution in [3.05, 3.63) is 0 Å². The molecule has 1 heterocycles. The normalized spacial score (nSPS) is 17.8. The van der Waals surface area contributed by atoms with Crippen LogP contribution in [0.25, 0.3) is 0 Å². The SMILES string of the molecule is CCOC1CCN(C(=O)CC(C)(C)C(=O)O)CC1. The highest BCUT2D eigenvalue weighted by Gasteiger charge is 2.33. The summed E-state index contributed by atoms with van der Waals surface area (Å²) in [6.07, 6.45) is 1.98. The van der Waals surface area contributed by atoms with Crippen molar-refractivity contribution in [3.63, 3.8) is 0 Å². The number of rotatable bonds is 5. The average Bonchev–Trinajstić information content (AvgIpc) is 2.29. The van der Waals surface area contributed by atoms with Gasteiger partial charge in [-0.3, -0.25) is 9.59 Å². The van der Waals surface area contributed by atoms with Crippen LogP contribution in [0.4, 0.5) is 0 Å². The fourth-order valence-electron chi connectivity index (χ4n) is 2.07. The van der Waals surface area contributed by atoms with Crippen molar-refractivity contribution >= 4 is 11.9 Å². The summed E-state index contributed by atoms with van der Waals surface area (Å²) in [5, 5.41) is 9.01. The molecule has 1 N–H and O–H groups in total. The number of hydrogen-bond donors (Lipinski definition) is 1. The van der Waals surface area contributed by atoms with Crippen LogP contribution in [0.1, 0.15) is 40.0 Å². The summed E-state index contributed by atoms with van der Waals surface area (Å²) in [4.78, 5) is 24.7. The zero-order valence-corrected chi connectivity index (χ0v) is 11.4. The second-order valence-electron chi connectivity index (χ2n) is 5.40. The molecular weight excluding hydrogens is 234 g/mol. The number of carboxylic acids is 1. The Hall–Kier alpha value is -1.10. The molecule has 0 aromatic carbocycles. The molecule has 0 bridgehead atoms. The van der Waals surface area contributed by atoms with Crippen molar-refractivity contribution in [3.8, 4) is 0 Å². The fourth-order valence-corrected chi connectivity index (χ4v) is 2.07. The van der Waals surface area contributed by atoms with Gasteiger partial charge < -0.3 is 14.7 Å². The van der Waals surface area contributed by atoms with E-state index in [0.717, 1.165) is 12.8 Å². The van der Waals surface area contributed by atoms with Gasteiger partial charge in [0.1, 0.15) is 0 Å². The number of nitrogens with zero attached hydrogens (tertiary/aromatic N) is 1. The Balaban J connectivity index is 2.43. The number of carbonyl (C=O) groups is 2. The van der Waals surface area contributed by atoms with Crippen molar-refractivity contribution < 1.29 is 19.4 Å². The lowest BCUT2D eigenvalue weighted by molar-refractivity contribution is -0.152. The molecule has 1 amide bonds. The molecule has 0 aromatic rings. The van der Waals surface area contributed by atoms with E-state index < -0.39 is 11.4 Å². The Labute approximate surface area is 108 Å². The Morgan fingerprint density at radius 2 is 1.89 bits per heavy atom. The van der Waals surface area contributed by atoms with E-state index in [1.165, 1.54) is 0 Å². The molecule has 0 aliphatic carbocycles. The smallest absolute Gasteiger partial charge is 0.309 e. The lowest BCUT2D eigenvalue weighted by atomic mass is 9.88. The third-order valence-electron chi connectivity index (χ3n) is 3.37. The van der Waals surface area contributed by atoms with Gasteiger partial charge in [0, 0.05) is 26.1 Å². The number of carboxylic acid groups (broad SMARTS) is 1. The number of aliphatic carboxylic acids is 1. The van der Waals surface area contributed by atoms with E-state index in [9.17, 15) is 9.59 Å². The van der Waals surface area contributed by atoms with E-state index in [-0.39, 0.29) is 18.4 Å². The van der Waals surface area contributed by atoms with Gasteiger partial charge in [-0.1, -0.05) is 0 Å². The average molecular weight is 257 g/mol. The molecule has 5 nitrogen and oxygen atoms in total. The minimum atomic E-state index is -0.992. The van der Waals surface area contributed by atoms with Gasteiger partial charge in [-0.15, -0.1) is 0 Å². The largest absolute Gasteiger partial charge is 0.481 e. The van der Waals surface area contributed by atoms with E-state index in [0.29, 0.717) is 19.7 Å². The second kappa shape index (κ2) is 6.18. The topological polar surface area (TPSA) is 66.8 Å². The summed E-state index contributed by atoms with van der Waals surface area (Å²) in [7, 11) is 0. The first-order valence-corrected chi connectivity index (χ1v) is 6.49. The fraction of sp³-hybridized carbons (Fsp3) is 0.846. The molecule has 0 unspecified atom stereocenters. The van der Waals surface area contributed by atoms with E-state index in [4.69, 9.17) is 9.84 Å². The Morgan fingerprint density at radius 1 is 1.33 bits per heavy atom. The molecule has 1 saturated heterocycles. The summed E-state index contributed by atoms with van der Waals surface area (Å²) in [6.45, 7) is 7.16. The molecule has 1 aliphatic rings. The van der Waals surface area contributed by atoms with Crippen LogP contribution in [0.3, 0.4) is 0 Å². The van der Waals surface area contributed by atoms with Crippen molar-refractivity contribution in [2.75, 3.05) is 19.7 Å². The molecule has 0 atom stereocenters. The van der Waals surface area contributed by atoms with Crippen LogP contribution < -0.4 is 0 Å². The molecule has 1 aliphatic heterocycles. The Kier molecular flexibility index (Phi) is 5.14. The summed E-state index contributed by atoms with van der Waals surface area (Å²) < 4.78 is 5.52. The van der Waals surface area contributed by atoms with Crippen LogP contribution in [-0.4, -0.2) is 47.7 Å². The molecular formula is C13H23NO4. The summed E-state index contributed by atoms with van der Waals surface area (Å²) in [5.41, 5.74) is -0.992. The molecule has 1 rings (SSSR count). The van der Waals surface area contributed by atoms with Crippen molar-refractivity contribution in [2.45, 2.75) is 46.1 Å². The zero-order valence-electron chi connectivity index (χ0n) is 11.4. The highest BCUT2D eigenvalue weighted by molar-refractivity contribution is 5.84. The van der Waals surface area contributed by atoms with Gasteiger partial charge in [0.05, 0.1) is 11.5 Å². The lowest BCUT2D eigenvalue weighted by Crippen LogP contribution is -2.43. The summed E-state index contributed by atoms with van der Waals surface area (Å²) in [5.74, 6) is -1.00.